The third-order valence-corrected chi connectivity index (χ3v) is 7.70. The lowest BCUT2D eigenvalue weighted by Gasteiger charge is -2.31. The number of ether oxygens (including phenoxy) is 2. The Morgan fingerprint density at radius 3 is 2.65 bits per heavy atom. The van der Waals surface area contributed by atoms with Crippen molar-refractivity contribution in [3.63, 3.8) is 0 Å². The molecule has 0 unspecified atom stereocenters. The van der Waals surface area contributed by atoms with Gasteiger partial charge in [0.1, 0.15) is 35.5 Å². The molecule has 0 spiro atoms. The molecule has 1 aliphatic rings. The number of fused-ring (bicyclic) bond motifs is 2. The summed E-state index contributed by atoms with van der Waals surface area (Å²) in [4.78, 5) is 14.1. The van der Waals surface area contributed by atoms with Crippen LogP contribution < -0.4 is 14.8 Å². The van der Waals surface area contributed by atoms with Crippen molar-refractivity contribution in [2.45, 2.75) is 39.7 Å². The first-order valence-corrected chi connectivity index (χ1v) is 14.1. The summed E-state index contributed by atoms with van der Waals surface area (Å²) >= 11 is 0. The molecule has 3 aromatic heterocycles. The van der Waals surface area contributed by atoms with Crippen molar-refractivity contribution in [1.82, 2.24) is 24.7 Å². The fourth-order valence-corrected chi connectivity index (χ4v) is 5.47. The first kappa shape index (κ1) is 28.5. The summed E-state index contributed by atoms with van der Waals surface area (Å²) in [5.41, 5.74) is 3.80. The van der Waals surface area contributed by atoms with Crippen molar-refractivity contribution in [3.05, 3.63) is 83.3 Å². The maximum atomic E-state index is 15.1. The van der Waals surface area contributed by atoms with Crippen molar-refractivity contribution < 1.29 is 23.4 Å². The lowest BCUT2D eigenvalue weighted by molar-refractivity contribution is 0.200. The number of aromatic nitrogens is 5. The Hall–Kier alpha value is -4.64. The zero-order chi connectivity index (χ0) is 30.1. The van der Waals surface area contributed by atoms with Gasteiger partial charge in [-0.15, -0.1) is 0 Å². The highest BCUT2D eigenvalue weighted by Gasteiger charge is 2.30. The highest BCUT2D eigenvalue weighted by atomic mass is 19.1. The van der Waals surface area contributed by atoms with E-state index < -0.39 is 11.6 Å². The van der Waals surface area contributed by atoms with Crippen molar-refractivity contribution in [1.29, 1.82) is 0 Å². The predicted octanol–water partition coefficient (Wildman–Crippen LogP) is 5.85. The van der Waals surface area contributed by atoms with Gasteiger partial charge < -0.3 is 19.9 Å². The van der Waals surface area contributed by atoms with Crippen molar-refractivity contribution >= 4 is 22.4 Å². The van der Waals surface area contributed by atoms with Crippen LogP contribution in [0.1, 0.15) is 37.1 Å². The molecule has 0 fully saturated rings. The van der Waals surface area contributed by atoms with E-state index in [1.54, 1.807) is 24.2 Å². The van der Waals surface area contributed by atoms with E-state index in [9.17, 15) is 0 Å². The second-order valence-electron chi connectivity index (χ2n) is 11.3. The van der Waals surface area contributed by atoms with E-state index in [0.717, 1.165) is 53.7 Å². The smallest absolute Gasteiger partial charge is 0.182 e. The minimum Gasteiger partial charge on any atom is -0.493 e. The van der Waals surface area contributed by atoms with Crippen LogP contribution in [0.5, 0.6) is 11.5 Å². The quantitative estimate of drug-likeness (QED) is 0.222. The van der Waals surface area contributed by atoms with Gasteiger partial charge in [-0.1, -0.05) is 32.0 Å². The molecule has 222 valence electrons. The Balaban J connectivity index is 1.45. The third kappa shape index (κ3) is 5.72. The monoisotopic (exact) mass is 586 g/mol. The van der Waals surface area contributed by atoms with Gasteiger partial charge in [-0.25, -0.2) is 18.7 Å². The Morgan fingerprint density at radius 2 is 1.88 bits per heavy atom. The molecule has 0 saturated heterocycles. The fourth-order valence-electron chi connectivity index (χ4n) is 5.47. The van der Waals surface area contributed by atoms with E-state index in [4.69, 9.17) is 29.6 Å². The molecule has 3 heterocycles. The number of nitrogens with zero attached hydrogens (tertiary/aromatic N) is 5. The summed E-state index contributed by atoms with van der Waals surface area (Å²) in [6.45, 7) is 3.97. The van der Waals surface area contributed by atoms with E-state index in [1.165, 1.54) is 0 Å². The number of rotatable bonds is 9. The van der Waals surface area contributed by atoms with Crippen LogP contribution in [-0.2, 0) is 19.4 Å². The zero-order valence-corrected chi connectivity index (χ0v) is 24.2. The van der Waals surface area contributed by atoms with E-state index in [1.807, 2.05) is 30.3 Å². The van der Waals surface area contributed by atoms with Crippen LogP contribution in [0.3, 0.4) is 0 Å². The summed E-state index contributed by atoms with van der Waals surface area (Å²) in [5.74, 6) is 0.136. The Labute approximate surface area is 247 Å². The number of nitrogens with one attached hydrogen (secondary N) is 1. The molecular formula is C32H32F2N6O3. The molecule has 43 heavy (non-hydrogen) atoms. The predicted molar refractivity (Wildman–Crippen MR) is 159 cm³/mol. The van der Waals surface area contributed by atoms with Crippen molar-refractivity contribution in [3.8, 4) is 23.0 Å². The van der Waals surface area contributed by atoms with Gasteiger partial charge in [-0.2, -0.15) is 5.10 Å². The molecule has 1 aliphatic carbocycles. The van der Waals surface area contributed by atoms with Gasteiger partial charge in [-0.3, -0.25) is 9.67 Å². The van der Waals surface area contributed by atoms with Gasteiger partial charge >= 0.3 is 0 Å². The molecule has 0 radical (unpaired) electrons. The molecule has 5 aromatic rings. The van der Waals surface area contributed by atoms with Crippen molar-refractivity contribution in [2.75, 3.05) is 25.6 Å². The number of hydrogen-bond acceptors (Lipinski definition) is 8. The highest BCUT2D eigenvalue weighted by Crippen LogP contribution is 2.39. The topological polar surface area (TPSA) is 107 Å². The Morgan fingerprint density at radius 1 is 1.09 bits per heavy atom. The Bertz CT molecular complexity index is 1780. The van der Waals surface area contributed by atoms with Crippen molar-refractivity contribution in [2.24, 2.45) is 5.41 Å². The van der Waals surface area contributed by atoms with E-state index >= 15 is 8.78 Å². The molecule has 0 aliphatic heterocycles. The molecule has 0 bridgehead atoms. The molecule has 6 rings (SSSR count). The summed E-state index contributed by atoms with van der Waals surface area (Å²) in [6, 6.07) is 11.5. The molecule has 9 nitrogen and oxygen atoms in total. The number of benzene rings is 2. The average molecular weight is 587 g/mol. The minimum atomic E-state index is -0.765. The summed E-state index contributed by atoms with van der Waals surface area (Å²) in [7, 11) is 1.59. The van der Waals surface area contributed by atoms with Crippen LogP contribution in [0.15, 0.2) is 54.9 Å². The zero-order valence-electron chi connectivity index (χ0n) is 24.2. The van der Waals surface area contributed by atoms with Crippen LogP contribution in [0.25, 0.3) is 22.4 Å². The van der Waals surface area contributed by atoms with Gasteiger partial charge in [-0.05, 0) is 36.8 Å². The molecule has 2 aromatic carbocycles. The van der Waals surface area contributed by atoms with E-state index in [0.29, 0.717) is 28.6 Å². The molecule has 0 atom stereocenters. The number of pyridine rings is 1. The van der Waals surface area contributed by atoms with Crippen LogP contribution in [-0.4, -0.2) is 50.2 Å². The van der Waals surface area contributed by atoms with Gasteiger partial charge in [0.2, 0.25) is 0 Å². The highest BCUT2D eigenvalue weighted by molar-refractivity contribution is 5.92. The largest absolute Gasteiger partial charge is 0.493 e. The maximum Gasteiger partial charge on any atom is 0.182 e. The van der Waals surface area contributed by atoms with Gasteiger partial charge in [0.05, 0.1) is 43.4 Å². The van der Waals surface area contributed by atoms with Crippen LogP contribution in [0.4, 0.5) is 20.3 Å². The fraction of sp³-hybridized carbons (Fsp3) is 0.312. The normalized spacial score (nSPS) is 14.0. The second kappa shape index (κ2) is 11.6. The number of aliphatic hydroxyl groups is 1. The molecule has 2 N–H and O–H groups in total. The molecular weight excluding hydrogens is 554 g/mol. The third-order valence-electron chi connectivity index (χ3n) is 7.70. The number of halogens is 2. The number of aliphatic hydroxyl groups excluding tert-OH is 1. The van der Waals surface area contributed by atoms with Crippen LogP contribution in [0, 0.1) is 17.0 Å². The SMILES string of the molecule is COc1cnccc1Nc1nc(-c2nn(Cc3c(F)cc(OCCO)cc3F)c3ccccc23)nc2c1CCC(C)(C)C2. The maximum absolute atomic E-state index is 15.1. The molecule has 11 heteroatoms. The number of anilines is 2. The standard InChI is InChI=1S/C32H32F2N6O3/c1-32(2)10-8-20-26(16-32)37-31(38-30(20)36-25-9-11-35-17-28(25)42-3)29-21-6-4-5-7-27(21)40(39-29)18-22-23(33)14-19(15-24(22)34)43-13-12-41/h4-7,9,11,14-15,17,41H,8,10,12-13,16,18H2,1-3H3,(H,35,36,37,38). The van der Waals surface area contributed by atoms with E-state index in [2.05, 4.69) is 24.1 Å². The van der Waals surface area contributed by atoms with E-state index in [-0.39, 0.29) is 36.5 Å². The Kier molecular flexibility index (Phi) is 7.66. The summed E-state index contributed by atoms with van der Waals surface area (Å²) in [5, 5.41) is 18.0. The lowest BCUT2D eigenvalue weighted by atomic mass is 9.76. The number of para-hydroxylation sites is 1. The summed E-state index contributed by atoms with van der Waals surface area (Å²) < 4.78 is 42.4. The summed E-state index contributed by atoms with van der Waals surface area (Å²) in [6.07, 6.45) is 5.88. The van der Waals surface area contributed by atoms with Gasteiger partial charge in [0.25, 0.3) is 0 Å². The van der Waals surface area contributed by atoms with Gasteiger partial charge in [0, 0.05) is 34.8 Å². The second-order valence-corrected chi connectivity index (χ2v) is 11.3. The minimum absolute atomic E-state index is 0.00931. The first-order chi connectivity index (χ1) is 20.8. The van der Waals surface area contributed by atoms with Gasteiger partial charge in [0.15, 0.2) is 11.6 Å². The number of methoxy groups -OCH3 is 1. The lowest BCUT2D eigenvalue weighted by Crippen LogP contribution is -2.25. The number of hydrogen-bond donors (Lipinski definition) is 2. The molecule has 0 amide bonds. The van der Waals surface area contributed by atoms with Crippen LogP contribution >= 0.6 is 0 Å². The molecule has 0 saturated carbocycles. The first-order valence-electron chi connectivity index (χ1n) is 14.1. The average Bonchev–Trinajstić information content (AvgIpc) is 3.36. The van der Waals surface area contributed by atoms with Crippen LogP contribution in [0.2, 0.25) is 0 Å².